The number of hydrogen-bond donors (Lipinski definition) is 1. The Morgan fingerprint density at radius 3 is 1.93 bits per heavy atom. The van der Waals surface area contributed by atoms with Gasteiger partial charge in [-0.05, 0) is 54.1 Å². The Morgan fingerprint density at radius 2 is 1.37 bits per heavy atom. The van der Waals surface area contributed by atoms with Crippen LogP contribution >= 0.6 is 31.9 Å². The molecule has 1 aliphatic heterocycles. The standard InChI is InChI=1S/C23H14Br2FNO3/c24-15-5-1-14(2-6-15)21(28)19-20(13-3-9-17(26)10-4-13)27(23(30)22(19)29)18-11-7-16(25)8-12-18/h1-12,20,28H/t20-/m1/s1. The molecule has 1 fully saturated rings. The number of ketones is 1. The third-order valence-electron chi connectivity index (χ3n) is 4.85. The van der Waals surface area contributed by atoms with Gasteiger partial charge >= 0.3 is 0 Å². The van der Waals surface area contributed by atoms with Gasteiger partial charge in [-0.1, -0.05) is 56.1 Å². The van der Waals surface area contributed by atoms with Gasteiger partial charge in [0.25, 0.3) is 11.7 Å². The van der Waals surface area contributed by atoms with Gasteiger partial charge < -0.3 is 5.11 Å². The van der Waals surface area contributed by atoms with E-state index < -0.39 is 23.5 Å². The summed E-state index contributed by atoms with van der Waals surface area (Å²) < 4.78 is 15.2. The third kappa shape index (κ3) is 3.70. The summed E-state index contributed by atoms with van der Waals surface area (Å²) in [6.07, 6.45) is 0. The van der Waals surface area contributed by atoms with Crippen LogP contribution < -0.4 is 4.90 Å². The summed E-state index contributed by atoms with van der Waals surface area (Å²) in [4.78, 5) is 27.3. The normalized spacial score (nSPS) is 18.1. The molecule has 1 N–H and O–H groups in total. The van der Waals surface area contributed by atoms with E-state index in [1.165, 1.54) is 29.2 Å². The smallest absolute Gasteiger partial charge is 0.300 e. The summed E-state index contributed by atoms with van der Waals surface area (Å²) in [6, 6.07) is 18.3. The molecule has 1 atom stereocenters. The molecule has 4 rings (SSSR count). The number of aliphatic hydroxyl groups is 1. The van der Waals surface area contributed by atoms with Crippen LogP contribution in [0.5, 0.6) is 0 Å². The SMILES string of the molecule is O=C1C(=O)N(c2ccc(Br)cc2)[C@H](c2ccc(F)cc2)C1=C(O)c1ccc(Br)cc1. The molecule has 4 nitrogen and oxygen atoms in total. The van der Waals surface area contributed by atoms with Crippen LogP contribution in [0, 0.1) is 5.82 Å². The second kappa shape index (κ2) is 8.16. The Kier molecular flexibility index (Phi) is 5.58. The lowest BCUT2D eigenvalue weighted by atomic mass is 9.95. The Labute approximate surface area is 188 Å². The first-order valence-corrected chi connectivity index (χ1v) is 10.5. The van der Waals surface area contributed by atoms with E-state index in [2.05, 4.69) is 31.9 Å². The molecule has 0 bridgehead atoms. The van der Waals surface area contributed by atoms with Gasteiger partial charge in [-0.15, -0.1) is 0 Å². The topological polar surface area (TPSA) is 57.6 Å². The minimum atomic E-state index is -0.893. The second-order valence-corrected chi connectivity index (χ2v) is 8.54. The molecule has 1 aliphatic rings. The highest BCUT2D eigenvalue weighted by Crippen LogP contribution is 2.42. The molecule has 0 saturated carbocycles. The van der Waals surface area contributed by atoms with E-state index in [-0.39, 0.29) is 11.3 Å². The number of amides is 1. The highest BCUT2D eigenvalue weighted by atomic mass is 79.9. The van der Waals surface area contributed by atoms with Crippen molar-refractivity contribution >= 4 is 55.0 Å². The van der Waals surface area contributed by atoms with Gasteiger partial charge in [0.2, 0.25) is 0 Å². The van der Waals surface area contributed by atoms with Gasteiger partial charge in [-0.25, -0.2) is 4.39 Å². The molecule has 0 radical (unpaired) electrons. The molecule has 1 saturated heterocycles. The van der Waals surface area contributed by atoms with Crippen molar-refractivity contribution in [3.63, 3.8) is 0 Å². The van der Waals surface area contributed by atoms with Crippen LogP contribution in [-0.4, -0.2) is 16.8 Å². The summed E-state index contributed by atoms with van der Waals surface area (Å²) in [6.45, 7) is 0. The van der Waals surface area contributed by atoms with Gasteiger partial charge in [-0.2, -0.15) is 0 Å². The van der Waals surface area contributed by atoms with Crippen molar-refractivity contribution in [1.29, 1.82) is 0 Å². The highest BCUT2D eigenvalue weighted by Gasteiger charge is 2.46. The number of hydrogen-bond acceptors (Lipinski definition) is 3. The van der Waals surface area contributed by atoms with Crippen molar-refractivity contribution < 1.29 is 19.1 Å². The molecule has 0 aromatic heterocycles. The quantitative estimate of drug-likeness (QED) is 0.257. The number of carbonyl (C=O) groups excluding carboxylic acids is 2. The number of halogens is 3. The Morgan fingerprint density at radius 1 is 0.833 bits per heavy atom. The fourth-order valence-corrected chi connectivity index (χ4v) is 3.95. The van der Waals surface area contributed by atoms with Crippen LogP contribution in [0.25, 0.3) is 5.76 Å². The lowest BCUT2D eigenvalue weighted by molar-refractivity contribution is -0.132. The minimum Gasteiger partial charge on any atom is -0.507 e. The first kappa shape index (κ1) is 20.5. The monoisotopic (exact) mass is 529 g/mol. The number of nitrogens with zero attached hydrogens (tertiary/aromatic N) is 1. The first-order valence-electron chi connectivity index (χ1n) is 8.95. The Balaban J connectivity index is 1.93. The predicted molar refractivity (Wildman–Crippen MR) is 119 cm³/mol. The molecule has 1 heterocycles. The van der Waals surface area contributed by atoms with Crippen LogP contribution in [0.4, 0.5) is 10.1 Å². The van der Waals surface area contributed by atoms with Crippen molar-refractivity contribution in [3.8, 4) is 0 Å². The average Bonchev–Trinajstić information content (AvgIpc) is 3.00. The van der Waals surface area contributed by atoms with Crippen LogP contribution in [0.15, 0.2) is 87.3 Å². The molecular formula is C23H14Br2FNO3. The largest absolute Gasteiger partial charge is 0.507 e. The van der Waals surface area contributed by atoms with Crippen molar-refractivity contribution in [1.82, 2.24) is 0 Å². The van der Waals surface area contributed by atoms with E-state index >= 15 is 0 Å². The van der Waals surface area contributed by atoms with Gasteiger partial charge in [-0.3, -0.25) is 14.5 Å². The Hall–Kier alpha value is -2.77. The maximum atomic E-state index is 13.5. The molecule has 30 heavy (non-hydrogen) atoms. The second-order valence-electron chi connectivity index (χ2n) is 6.70. The molecule has 1 amide bonds. The lowest BCUT2D eigenvalue weighted by Gasteiger charge is -2.25. The molecule has 0 aliphatic carbocycles. The van der Waals surface area contributed by atoms with Crippen molar-refractivity contribution in [2.45, 2.75) is 6.04 Å². The zero-order valence-corrected chi connectivity index (χ0v) is 18.5. The third-order valence-corrected chi connectivity index (χ3v) is 5.91. The van der Waals surface area contributed by atoms with Crippen molar-refractivity contribution in [2.75, 3.05) is 4.90 Å². The summed E-state index contributed by atoms with van der Waals surface area (Å²) in [5, 5.41) is 11.0. The maximum absolute atomic E-state index is 13.5. The molecule has 3 aromatic rings. The number of anilines is 1. The molecule has 0 spiro atoms. The van der Waals surface area contributed by atoms with E-state index in [0.29, 0.717) is 16.8 Å². The lowest BCUT2D eigenvalue weighted by Crippen LogP contribution is -2.29. The molecular weight excluding hydrogens is 517 g/mol. The number of aliphatic hydroxyl groups excluding tert-OH is 1. The fourth-order valence-electron chi connectivity index (χ4n) is 3.42. The van der Waals surface area contributed by atoms with Crippen molar-refractivity contribution in [2.24, 2.45) is 0 Å². The van der Waals surface area contributed by atoms with Gasteiger partial charge in [0, 0.05) is 20.2 Å². The molecule has 150 valence electrons. The zero-order valence-electron chi connectivity index (χ0n) is 15.4. The fraction of sp³-hybridized carbons (Fsp3) is 0.0435. The number of benzene rings is 3. The summed E-state index contributed by atoms with van der Waals surface area (Å²) in [5.41, 5.74) is 1.36. The summed E-state index contributed by atoms with van der Waals surface area (Å²) in [5.74, 6) is -2.28. The number of carbonyl (C=O) groups is 2. The van der Waals surface area contributed by atoms with E-state index in [0.717, 1.165) is 8.95 Å². The minimum absolute atomic E-state index is 0.0446. The van der Waals surface area contributed by atoms with E-state index in [4.69, 9.17) is 0 Å². The highest BCUT2D eigenvalue weighted by molar-refractivity contribution is 9.10. The van der Waals surface area contributed by atoms with E-state index in [1.54, 1.807) is 48.5 Å². The van der Waals surface area contributed by atoms with Gasteiger partial charge in [0.15, 0.2) is 0 Å². The van der Waals surface area contributed by atoms with Crippen LogP contribution in [0.2, 0.25) is 0 Å². The molecule has 7 heteroatoms. The predicted octanol–water partition coefficient (Wildman–Crippen LogP) is 5.98. The number of Topliss-reactive ketones (excluding diaryl/α,β-unsaturated/α-hetero) is 1. The zero-order chi connectivity index (χ0) is 21.4. The van der Waals surface area contributed by atoms with Gasteiger partial charge in [0.05, 0.1) is 11.6 Å². The van der Waals surface area contributed by atoms with Crippen LogP contribution in [0.3, 0.4) is 0 Å². The van der Waals surface area contributed by atoms with Gasteiger partial charge in [0.1, 0.15) is 11.6 Å². The van der Waals surface area contributed by atoms with Crippen LogP contribution in [-0.2, 0) is 9.59 Å². The molecule has 0 unspecified atom stereocenters. The average molecular weight is 531 g/mol. The summed E-state index contributed by atoms with van der Waals surface area (Å²) in [7, 11) is 0. The first-order chi connectivity index (χ1) is 14.4. The van der Waals surface area contributed by atoms with Crippen molar-refractivity contribution in [3.05, 3.63) is 104 Å². The Bertz CT molecular complexity index is 1160. The van der Waals surface area contributed by atoms with Crippen LogP contribution in [0.1, 0.15) is 17.2 Å². The van der Waals surface area contributed by atoms with E-state index in [9.17, 15) is 19.1 Å². The van der Waals surface area contributed by atoms with E-state index in [1.807, 2.05) is 0 Å². The summed E-state index contributed by atoms with van der Waals surface area (Å²) >= 11 is 6.69. The maximum Gasteiger partial charge on any atom is 0.300 e. The molecule has 3 aromatic carbocycles. The number of rotatable bonds is 3.